The fourth-order valence-corrected chi connectivity index (χ4v) is 4.12. The van der Waals surface area contributed by atoms with Crippen LogP contribution >= 0.6 is 27.3 Å². The molecule has 1 N–H and O–H groups in total. The molecule has 4 rings (SSSR count). The predicted molar refractivity (Wildman–Crippen MR) is 114 cm³/mol. The van der Waals surface area contributed by atoms with Gasteiger partial charge < -0.3 is 10.1 Å². The molecule has 4 nitrogen and oxygen atoms in total. The first-order valence-electron chi connectivity index (χ1n) is 8.25. The maximum Gasteiger partial charge on any atom is 0.255 e. The fraction of sp³-hybridized carbons (Fsp3) is 0.0476. The quantitative estimate of drug-likeness (QED) is 0.425. The zero-order valence-corrected chi connectivity index (χ0v) is 16.8. The van der Waals surface area contributed by atoms with E-state index in [1.807, 2.05) is 48.5 Å². The molecule has 0 unspecified atom stereocenters. The third-order valence-electron chi connectivity index (χ3n) is 4.08. The van der Waals surface area contributed by atoms with Gasteiger partial charge in [-0.2, -0.15) is 0 Å². The monoisotopic (exact) mass is 438 g/mol. The summed E-state index contributed by atoms with van der Waals surface area (Å²) in [6.07, 6.45) is 0. The van der Waals surface area contributed by atoms with Crippen LogP contribution in [-0.2, 0) is 0 Å². The van der Waals surface area contributed by atoms with Gasteiger partial charge in [-0.05, 0) is 48.5 Å². The van der Waals surface area contributed by atoms with Crippen molar-refractivity contribution in [2.75, 3.05) is 12.4 Å². The Hall–Kier alpha value is -2.70. The van der Waals surface area contributed by atoms with Gasteiger partial charge in [-0.15, -0.1) is 11.3 Å². The highest BCUT2D eigenvalue weighted by atomic mass is 79.9. The summed E-state index contributed by atoms with van der Waals surface area (Å²) >= 11 is 5.01. The second kappa shape index (κ2) is 7.50. The Morgan fingerprint density at radius 2 is 1.93 bits per heavy atom. The van der Waals surface area contributed by atoms with Crippen molar-refractivity contribution in [1.29, 1.82) is 0 Å². The smallest absolute Gasteiger partial charge is 0.255 e. The van der Waals surface area contributed by atoms with Crippen LogP contribution in [0.1, 0.15) is 10.4 Å². The first-order valence-corrected chi connectivity index (χ1v) is 9.86. The number of benzene rings is 3. The minimum absolute atomic E-state index is 0.198. The van der Waals surface area contributed by atoms with E-state index >= 15 is 0 Å². The minimum Gasteiger partial charge on any atom is -0.495 e. The number of para-hydroxylation sites is 1. The topological polar surface area (TPSA) is 51.2 Å². The van der Waals surface area contributed by atoms with Crippen LogP contribution in [0.25, 0.3) is 20.8 Å². The number of thiazole rings is 1. The van der Waals surface area contributed by atoms with Gasteiger partial charge in [0.1, 0.15) is 10.8 Å². The summed E-state index contributed by atoms with van der Waals surface area (Å²) in [6, 6.07) is 21.0. The first kappa shape index (κ1) is 17.7. The second-order valence-electron chi connectivity index (χ2n) is 5.87. The highest BCUT2D eigenvalue weighted by Crippen LogP contribution is 2.35. The number of amides is 1. The lowest BCUT2D eigenvalue weighted by Crippen LogP contribution is -2.12. The van der Waals surface area contributed by atoms with Gasteiger partial charge in [-0.3, -0.25) is 4.79 Å². The van der Waals surface area contributed by atoms with Crippen LogP contribution < -0.4 is 10.1 Å². The van der Waals surface area contributed by atoms with Gasteiger partial charge in [0.05, 0.1) is 23.0 Å². The number of halogens is 1. The summed E-state index contributed by atoms with van der Waals surface area (Å²) in [5, 5.41) is 3.84. The highest BCUT2D eigenvalue weighted by molar-refractivity contribution is 9.10. The largest absolute Gasteiger partial charge is 0.495 e. The van der Waals surface area contributed by atoms with E-state index in [4.69, 9.17) is 4.74 Å². The Morgan fingerprint density at radius 1 is 1.07 bits per heavy atom. The van der Waals surface area contributed by atoms with Crippen LogP contribution in [0, 0.1) is 0 Å². The van der Waals surface area contributed by atoms with Gasteiger partial charge in [0.15, 0.2) is 0 Å². The van der Waals surface area contributed by atoms with Crippen molar-refractivity contribution in [3.05, 3.63) is 76.8 Å². The molecule has 0 aliphatic rings. The number of methoxy groups -OCH3 is 1. The van der Waals surface area contributed by atoms with Crippen LogP contribution in [-0.4, -0.2) is 18.0 Å². The van der Waals surface area contributed by atoms with Crippen LogP contribution in [0.2, 0.25) is 0 Å². The third-order valence-corrected chi connectivity index (χ3v) is 5.65. The fourth-order valence-electron chi connectivity index (χ4n) is 2.76. The van der Waals surface area contributed by atoms with Gasteiger partial charge in [-0.25, -0.2) is 4.98 Å². The van der Waals surface area contributed by atoms with Crippen LogP contribution in [0.3, 0.4) is 0 Å². The summed E-state index contributed by atoms with van der Waals surface area (Å²) in [7, 11) is 1.58. The number of carbonyl (C=O) groups excluding carboxylic acids is 1. The Balaban J connectivity index is 1.69. The first-order chi connectivity index (χ1) is 13.1. The van der Waals surface area contributed by atoms with Crippen LogP contribution in [0.4, 0.5) is 5.69 Å². The minimum atomic E-state index is -0.198. The average Bonchev–Trinajstić information content (AvgIpc) is 3.12. The maximum absolute atomic E-state index is 12.6. The van der Waals surface area contributed by atoms with Crippen molar-refractivity contribution in [2.45, 2.75) is 0 Å². The standard InChI is InChI=1S/C21H15BrN2O2S/c1-26-18-10-9-14(21-24-16-7-2-3-8-19(16)27-21)12-17(18)23-20(25)13-5-4-6-15(22)11-13/h2-12H,1H3,(H,23,25). The molecule has 1 aromatic heterocycles. The summed E-state index contributed by atoms with van der Waals surface area (Å²) < 4.78 is 7.39. The number of carbonyl (C=O) groups is 1. The lowest BCUT2D eigenvalue weighted by Gasteiger charge is -2.11. The number of ether oxygens (including phenoxy) is 1. The Kier molecular flexibility index (Phi) is 4.92. The Morgan fingerprint density at radius 3 is 2.70 bits per heavy atom. The zero-order chi connectivity index (χ0) is 18.8. The van der Waals surface area contributed by atoms with Crippen molar-refractivity contribution >= 4 is 49.1 Å². The summed E-state index contributed by atoms with van der Waals surface area (Å²) in [5.41, 5.74) is 3.07. The molecule has 1 heterocycles. The summed E-state index contributed by atoms with van der Waals surface area (Å²) in [5.74, 6) is 0.402. The lowest BCUT2D eigenvalue weighted by atomic mass is 10.1. The molecule has 27 heavy (non-hydrogen) atoms. The van der Waals surface area contributed by atoms with Crippen molar-refractivity contribution in [3.8, 4) is 16.3 Å². The number of rotatable bonds is 4. The maximum atomic E-state index is 12.6. The van der Waals surface area contributed by atoms with Crippen LogP contribution in [0.15, 0.2) is 71.2 Å². The van der Waals surface area contributed by atoms with Crippen molar-refractivity contribution in [1.82, 2.24) is 4.98 Å². The molecule has 1 amide bonds. The third kappa shape index (κ3) is 3.72. The van der Waals surface area contributed by atoms with Gasteiger partial charge in [0, 0.05) is 15.6 Å². The normalized spacial score (nSPS) is 10.7. The molecule has 0 saturated carbocycles. The van der Waals surface area contributed by atoms with Gasteiger partial charge in [0.2, 0.25) is 0 Å². The van der Waals surface area contributed by atoms with E-state index in [2.05, 4.69) is 32.3 Å². The van der Waals surface area contributed by atoms with E-state index in [0.29, 0.717) is 17.0 Å². The number of anilines is 1. The van der Waals surface area contributed by atoms with E-state index in [1.165, 1.54) is 0 Å². The summed E-state index contributed by atoms with van der Waals surface area (Å²) in [6.45, 7) is 0. The molecule has 0 saturated heterocycles. The molecule has 3 aromatic carbocycles. The van der Waals surface area contributed by atoms with Gasteiger partial charge >= 0.3 is 0 Å². The van der Waals surface area contributed by atoms with Crippen molar-refractivity contribution in [3.63, 3.8) is 0 Å². The molecule has 0 radical (unpaired) electrons. The molecular weight excluding hydrogens is 424 g/mol. The van der Waals surface area contributed by atoms with E-state index in [0.717, 1.165) is 25.3 Å². The highest BCUT2D eigenvalue weighted by Gasteiger charge is 2.13. The number of hydrogen-bond donors (Lipinski definition) is 1. The Bertz CT molecular complexity index is 1110. The summed E-state index contributed by atoms with van der Waals surface area (Å²) in [4.78, 5) is 17.3. The molecule has 0 atom stereocenters. The molecule has 0 aliphatic carbocycles. The number of hydrogen-bond acceptors (Lipinski definition) is 4. The van der Waals surface area contributed by atoms with Crippen LogP contribution in [0.5, 0.6) is 5.75 Å². The number of nitrogens with zero attached hydrogens (tertiary/aromatic N) is 1. The molecular formula is C21H15BrN2O2S. The number of aromatic nitrogens is 1. The lowest BCUT2D eigenvalue weighted by molar-refractivity contribution is 0.102. The van der Waals surface area contributed by atoms with Crippen molar-refractivity contribution in [2.24, 2.45) is 0 Å². The molecule has 4 aromatic rings. The second-order valence-corrected chi connectivity index (χ2v) is 7.81. The predicted octanol–water partition coefficient (Wildman–Crippen LogP) is 5.99. The molecule has 0 bridgehead atoms. The van der Waals surface area contributed by atoms with E-state index in [1.54, 1.807) is 30.6 Å². The molecule has 0 spiro atoms. The Labute approximate surface area is 169 Å². The SMILES string of the molecule is COc1ccc(-c2nc3ccccc3s2)cc1NC(=O)c1cccc(Br)c1. The average molecular weight is 439 g/mol. The molecule has 134 valence electrons. The molecule has 0 fully saturated rings. The van der Waals surface area contributed by atoms with E-state index in [-0.39, 0.29) is 5.91 Å². The molecule has 6 heteroatoms. The molecule has 0 aliphatic heterocycles. The van der Waals surface area contributed by atoms with Crippen molar-refractivity contribution < 1.29 is 9.53 Å². The van der Waals surface area contributed by atoms with E-state index < -0.39 is 0 Å². The van der Waals surface area contributed by atoms with Gasteiger partial charge in [-0.1, -0.05) is 34.1 Å². The zero-order valence-electron chi connectivity index (χ0n) is 14.4. The number of fused-ring (bicyclic) bond motifs is 1. The van der Waals surface area contributed by atoms with E-state index in [9.17, 15) is 4.79 Å². The van der Waals surface area contributed by atoms with Gasteiger partial charge in [0.25, 0.3) is 5.91 Å². The number of nitrogens with one attached hydrogen (secondary N) is 1.